The zero-order valence-electron chi connectivity index (χ0n) is 10.4. The molecule has 3 N–H and O–H groups in total. The molecule has 1 aromatic carbocycles. The van der Waals surface area contributed by atoms with Crippen molar-refractivity contribution in [2.24, 2.45) is 5.73 Å². The number of aromatic nitrogens is 1. The Morgan fingerprint density at radius 1 is 1.22 bits per heavy atom. The van der Waals surface area contributed by atoms with E-state index in [1.54, 1.807) is 19.5 Å². The third-order valence-electron chi connectivity index (χ3n) is 2.79. The lowest BCUT2D eigenvalue weighted by Crippen LogP contribution is -2.06. The van der Waals surface area contributed by atoms with Gasteiger partial charge in [-0.25, -0.2) is 0 Å². The minimum absolute atomic E-state index is 0.474. The van der Waals surface area contributed by atoms with E-state index < -0.39 is 0 Å². The van der Waals surface area contributed by atoms with Crippen molar-refractivity contribution in [3.8, 4) is 5.75 Å². The van der Waals surface area contributed by atoms with Crippen LogP contribution in [0.3, 0.4) is 0 Å². The molecule has 4 nitrogen and oxygen atoms in total. The first kappa shape index (κ1) is 12.4. The molecule has 4 heteroatoms. The van der Waals surface area contributed by atoms with Crippen molar-refractivity contribution in [3.63, 3.8) is 0 Å². The molecule has 0 aliphatic heterocycles. The van der Waals surface area contributed by atoms with Gasteiger partial charge in [-0.15, -0.1) is 0 Å². The van der Waals surface area contributed by atoms with Crippen LogP contribution in [0.4, 0.5) is 5.69 Å². The molecule has 0 saturated heterocycles. The summed E-state index contributed by atoms with van der Waals surface area (Å²) in [6.07, 6.45) is 3.54. The van der Waals surface area contributed by atoms with E-state index >= 15 is 0 Å². The second-order valence-corrected chi connectivity index (χ2v) is 3.90. The van der Waals surface area contributed by atoms with E-state index in [1.807, 2.05) is 30.3 Å². The fourth-order valence-corrected chi connectivity index (χ4v) is 1.80. The molecule has 2 aromatic rings. The number of hydrogen-bond donors (Lipinski definition) is 2. The van der Waals surface area contributed by atoms with Crippen LogP contribution in [-0.2, 0) is 13.1 Å². The number of anilines is 1. The molecule has 18 heavy (non-hydrogen) atoms. The Hall–Kier alpha value is -2.07. The number of nitrogens with zero attached hydrogens (tertiary/aromatic N) is 1. The van der Waals surface area contributed by atoms with Crippen molar-refractivity contribution in [1.82, 2.24) is 4.98 Å². The Balaban J connectivity index is 2.11. The smallest absolute Gasteiger partial charge is 0.123 e. The highest BCUT2D eigenvalue weighted by molar-refractivity contribution is 5.50. The van der Waals surface area contributed by atoms with Gasteiger partial charge in [0.25, 0.3) is 0 Å². The Bertz CT molecular complexity index is 466. The zero-order valence-corrected chi connectivity index (χ0v) is 10.4. The monoisotopic (exact) mass is 243 g/mol. The zero-order chi connectivity index (χ0) is 12.8. The highest BCUT2D eigenvalue weighted by Crippen LogP contribution is 2.20. The quantitative estimate of drug-likeness (QED) is 0.844. The molecule has 1 heterocycles. The number of nitrogens with one attached hydrogen (secondary N) is 1. The second kappa shape index (κ2) is 6.02. The summed E-state index contributed by atoms with van der Waals surface area (Å²) in [5.41, 5.74) is 8.80. The number of benzene rings is 1. The van der Waals surface area contributed by atoms with Crippen LogP contribution < -0.4 is 15.8 Å². The first-order valence-corrected chi connectivity index (χ1v) is 5.84. The molecular formula is C14H17N3O. The number of para-hydroxylation sites is 1. The summed E-state index contributed by atoms with van der Waals surface area (Å²) < 4.78 is 5.31. The topological polar surface area (TPSA) is 60.2 Å². The summed E-state index contributed by atoms with van der Waals surface area (Å²) in [4.78, 5) is 4.06. The van der Waals surface area contributed by atoms with Crippen LogP contribution in [0.25, 0.3) is 0 Å². The molecule has 0 spiro atoms. The highest BCUT2D eigenvalue weighted by Gasteiger charge is 2.03. The molecular weight excluding hydrogens is 226 g/mol. The summed E-state index contributed by atoms with van der Waals surface area (Å²) in [6.45, 7) is 1.17. The molecule has 0 fully saturated rings. The van der Waals surface area contributed by atoms with Gasteiger partial charge in [0.1, 0.15) is 5.75 Å². The van der Waals surface area contributed by atoms with Crippen molar-refractivity contribution in [2.75, 3.05) is 12.4 Å². The third-order valence-corrected chi connectivity index (χ3v) is 2.79. The first-order chi connectivity index (χ1) is 8.85. The van der Waals surface area contributed by atoms with Gasteiger partial charge in [0.2, 0.25) is 0 Å². The SMILES string of the molecule is COc1ccccc1CNc1ccncc1CN. The lowest BCUT2D eigenvalue weighted by molar-refractivity contribution is 0.410. The average molecular weight is 243 g/mol. The maximum atomic E-state index is 5.67. The van der Waals surface area contributed by atoms with Gasteiger partial charge < -0.3 is 15.8 Å². The van der Waals surface area contributed by atoms with Crippen LogP contribution in [0, 0.1) is 0 Å². The van der Waals surface area contributed by atoms with E-state index in [0.29, 0.717) is 13.1 Å². The molecule has 94 valence electrons. The highest BCUT2D eigenvalue weighted by atomic mass is 16.5. The number of pyridine rings is 1. The molecule has 1 aromatic heterocycles. The summed E-state index contributed by atoms with van der Waals surface area (Å²) in [6, 6.07) is 9.87. The van der Waals surface area contributed by atoms with Crippen molar-refractivity contribution >= 4 is 5.69 Å². The maximum Gasteiger partial charge on any atom is 0.123 e. The van der Waals surface area contributed by atoms with Crippen LogP contribution >= 0.6 is 0 Å². The molecule has 0 aliphatic rings. The lowest BCUT2D eigenvalue weighted by Gasteiger charge is -2.12. The lowest BCUT2D eigenvalue weighted by atomic mass is 10.2. The van der Waals surface area contributed by atoms with Crippen LogP contribution in [0.1, 0.15) is 11.1 Å². The van der Waals surface area contributed by atoms with E-state index in [-0.39, 0.29) is 0 Å². The van der Waals surface area contributed by atoms with E-state index in [9.17, 15) is 0 Å². The van der Waals surface area contributed by atoms with Gasteiger partial charge in [0.15, 0.2) is 0 Å². The Morgan fingerprint density at radius 2 is 2.06 bits per heavy atom. The van der Waals surface area contributed by atoms with Crippen molar-refractivity contribution in [2.45, 2.75) is 13.1 Å². The summed E-state index contributed by atoms with van der Waals surface area (Å²) >= 11 is 0. The third kappa shape index (κ3) is 2.78. The van der Waals surface area contributed by atoms with Gasteiger partial charge in [-0.3, -0.25) is 4.98 Å². The molecule has 0 amide bonds. The normalized spacial score (nSPS) is 10.1. The summed E-state index contributed by atoms with van der Waals surface area (Å²) in [5.74, 6) is 0.883. The van der Waals surface area contributed by atoms with E-state index in [0.717, 1.165) is 22.6 Å². The van der Waals surface area contributed by atoms with Gasteiger partial charge >= 0.3 is 0 Å². The molecule has 0 atom stereocenters. The van der Waals surface area contributed by atoms with Gasteiger partial charge in [-0.1, -0.05) is 18.2 Å². The number of nitrogens with two attached hydrogens (primary N) is 1. The van der Waals surface area contributed by atoms with Gasteiger partial charge in [-0.05, 0) is 12.1 Å². The first-order valence-electron chi connectivity index (χ1n) is 5.84. The van der Waals surface area contributed by atoms with Crippen LogP contribution in [0.2, 0.25) is 0 Å². The molecule has 0 radical (unpaired) electrons. The fourth-order valence-electron chi connectivity index (χ4n) is 1.80. The predicted octanol–water partition coefficient (Wildman–Crippen LogP) is 2.16. The minimum atomic E-state index is 0.474. The molecule has 0 saturated carbocycles. The number of methoxy groups -OCH3 is 1. The van der Waals surface area contributed by atoms with E-state index in [1.165, 1.54) is 0 Å². The molecule has 0 aliphatic carbocycles. The average Bonchev–Trinajstić information content (AvgIpc) is 2.45. The molecule has 0 bridgehead atoms. The summed E-state index contributed by atoms with van der Waals surface area (Å²) in [5, 5.41) is 3.36. The summed E-state index contributed by atoms with van der Waals surface area (Å²) in [7, 11) is 1.68. The Labute approximate surface area is 107 Å². The van der Waals surface area contributed by atoms with E-state index in [4.69, 9.17) is 10.5 Å². The standard InChI is InChI=1S/C14H17N3O/c1-18-14-5-3-2-4-11(14)10-17-13-6-7-16-9-12(13)8-15/h2-7,9H,8,10,15H2,1H3,(H,16,17). The van der Waals surface area contributed by atoms with Gasteiger partial charge in [0.05, 0.1) is 7.11 Å². The van der Waals surface area contributed by atoms with Crippen molar-refractivity contribution in [3.05, 3.63) is 53.9 Å². The van der Waals surface area contributed by atoms with Gasteiger partial charge in [-0.2, -0.15) is 0 Å². The van der Waals surface area contributed by atoms with Crippen LogP contribution in [-0.4, -0.2) is 12.1 Å². The minimum Gasteiger partial charge on any atom is -0.496 e. The fraction of sp³-hybridized carbons (Fsp3) is 0.214. The number of rotatable bonds is 5. The largest absolute Gasteiger partial charge is 0.496 e. The number of ether oxygens (including phenoxy) is 1. The van der Waals surface area contributed by atoms with Crippen molar-refractivity contribution < 1.29 is 4.74 Å². The number of hydrogen-bond acceptors (Lipinski definition) is 4. The Morgan fingerprint density at radius 3 is 2.83 bits per heavy atom. The molecule has 0 unspecified atom stereocenters. The second-order valence-electron chi connectivity index (χ2n) is 3.90. The van der Waals surface area contributed by atoms with Crippen molar-refractivity contribution in [1.29, 1.82) is 0 Å². The maximum absolute atomic E-state index is 5.67. The van der Waals surface area contributed by atoms with Crippen LogP contribution in [0.5, 0.6) is 5.75 Å². The van der Waals surface area contributed by atoms with Gasteiger partial charge in [0, 0.05) is 42.3 Å². The Kier molecular flexibility index (Phi) is 4.15. The predicted molar refractivity (Wildman–Crippen MR) is 72.4 cm³/mol. The van der Waals surface area contributed by atoms with E-state index in [2.05, 4.69) is 10.3 Å². The van der Waals surface area contributed by atoms with Crippen LogP contribution in [0.15, 0.2) is 42.7 Å². The molecule has 2 rings (SSSR count).